The van der Waals surface area contributed by atoms with E-state index in [0.717, 1.165) is 25.1 Å². The number of carbonyl (C=O) groups excluding carboxylic acids is 1. The number of unbranched alkanes of at least 4 members (excludes halogenated alkanes) is 1. The van der Waals surface area contributed by atoms with Gasteiger partial charge in [-0.3, -0.25) is 4.79 Å². The van der Waals surface area contributed by atoms with E-state index in [1.54, 1.807) is 0 Å². The first-order valence-corrected chi connectivity index (χ1v) is 7.01. The Bertz CT molecular complexity index is 420. The maximum Gasteiger partial charge on any atom is 0.315 e. The van der Waals surface area contributed by atoms with Crippen molar-refractivity contribution in [2.75, 3.05) is 0 Å². The van der Waals surface area contributed by atoms with Crippen molar-refractivity contribution < 1.29 is 9.53 Å². The van der Waals surface area contributed by atoms with Crippen LogP contribution in [-0.4, -0.2) is 16.6 Å². The second kappa shape index (κ2) is 5.59. The number of hydrogen-bond donors (Lipinski definition) is 0. The Morgan fingerprint density at radius 1 is 1.56 bits per heavy atom. The van der Waals surface area contributed by atoms with Crippen LogP contribution in [0.2, 0.25) is 0 Å². The summed E-state index contributed by atoms with van der Waals surface area (Å²) in [7, 11) is 0. The molecule has 0 aliphatic carbocycles. The molecule has 2 rings (SSSR count). The van der Waals surface area contributed by atoms with Gasteiger partial charge in [0.2, 0.25) is 0 Å². The van der Waals surface area contributed by atoms with Crippen LogP contribution >= 0.6 is 0 Å². The maximum absolute atomic E-state index is 12.0. The number of aryl methyl sites for hydroxylation is 2. The van der Waals surface area contributed by atoms with E-state index in [1.807, 2.05) is 13.8 Å². The van der Waals surface area contributed by atoms with Gasteiger partial charge in [-0.25, -0.2) is 0 Å². The lowest BCUT2D eigenvalue weighted by Crippen LogP contribution is -2.17. The van der Waals surface area contributed by atoms with Crippen LogP contribution in [0, 0.1) is 0 Å². The molecular weight excluding hydrogens is 226 g/mol. The predicted octanol–water partition coefficient (Wildman–Crippen LogP) is 3.27. The first-order valence-electron chi connectivity index (χ1n) is 7.01. The molecule has 0 bridgehead atoms. The van der Waals surface area contributed by atoms with Gasteiger partial charge < -0.3 is 9.30 Å². The molecule has 0 N–H and O–H groups in total. The minimum absolute atomic E-state index is 0.0268. The SMILES string of the molecule is CCCCc1cc2n(c1)CCC2C(=O)OC(C)C. The molecule has 0 saturated heterocycles. The Morgan fingerprint density at radius 3 is 3.00 bits per heavy atom. The third-order valence-electron chi connectivity index (χ3n) is 3.46. The van der Waals surface area contributed by atoms with Gasteiger partial charge in [0, 0.05) is 18.4 Å². The normalized spacial score (nSPS) is 18.1. The molecule has 1 aliphatic heterocycles. The van der Waals surface area contributed by atoms with Crippen molar-refractivity contribution >= 4 is 5.97 Å². The highest BCUT2D eigenvalue weighted by Gasteiger charge is 2.31. The van der Waals surface area contributed by atoms with Crippen LogP contribution in [0.25, 0.3) is 0 Å². The highest BCUT2D eigenvalue weighted by Crippen LogP contribution is 2.31. The number of ether oxygens (including phenoxy) is 1. The monoisotopic (exact) mass is 249 g/mol. The molecule has 0 saturated carbocycles. The number of hydrogen-bond acceptors (Lipinski definition) is 2. The molecule has 1 atom stereocenters. The summed E-state index contributed by atoms with van der Waals surface area (Å²) in [6.45, 7) is 6.95. The Kier molecular flexibility index (Phi) is 4.10. The van der Waals surface area contributed by atoms with Gasteiger partial charge in [0.25, 0.3) is 0 Å². The molecule has 1 unspecified atom stereocenters. The smallest absolute Gasteiger partial charge is 0.315 e. The Hall–Kier alpha value is -1.25. The molecule has 0 fully saturated rings. The third-order valence-corrected chi connectivity index (χ3v) is 3.46. The molecule has 2 heterocycles. The molecule has 100 valence electrons. The molecule has 1 aliphatic rings. The largest absolute Gasteiger partial charge is 0.462 e. The molecule has 1 aromatic rings. The fraction of sp³-hybridized carbons (Fsp3) is 0.667. The molecule has 0 amide bonds. The highest BCUT2D eigenvalue weighted by atomic mass is 16.5. The van der Waals surface area contributed by atoms with E-state index in [0.29, 0.717) is 0 Å². The molecule has 1 aromatic heterocycles. The standard InChI is InChI=1S/C15H23NO2/c1-4-5-6-12-9-14-13(7-8-16(14)10-12)15(17)18-11(2)3/h9-11,13H,4-8H2,1-3H3. The van der Waals surface area contributed by atoms with Crippen LogP contribution in [0.1, 0.15) is 57.2 Å². The van der Waals surface area contributed by atoms with Crippen LogP contribution < -0.4 is 0 Å². The Balaban J connectivity index is 2.07. The fourth-order valence-corrected chi connectivity index (χ4v) is 2.57. The summed E-state index contributed by atoms with van der Waals surface area (Å²) >= 11 is 0. The summed E-state index contributed by atoms with van der Waals surface area (Å²) in [4.78, 5) is 12.0. The summed E-state index contributed by atoms with van der Waals surface area (Å²) < 4.78 is 7.55. The van der Waals surface area contributed by atoms with Crippen LogP contribution in [0.3, 0.4) is 0 Å². The van der Waals surface area contributed by atoms with Gasteiger partial charge in [-0.1, -0.05) is 13.3 Å². The molecule has 3 nitrogen and oxygen atoms in total. The molecule has 3 heteroatoms. The molecule has 0 spiro atoms. The highest BCUT2D eigenvalue weighted by molar-refractivity contribution is 5.78. The van der Waals surface area contributed by atoms with E-state index < -0.39 is 0 Å². The topological polar surface area (TPSA) is 31.2 Å². The van der Waals surface area contributed by atoms with Gasteiger partial charge in [0.05, 0.1) is 12.0 Å². The second-order valence-corrected chi connectivity index (χ2v) is 5.40. The van der Waals surface area contributed by atoms with Crippen LogP contribution in [0.15, 0.2) is 12.3 Å². The van der Waals surface area contributed by atoms with Crippen molar-refractivity contribution in [3.8, 4) is 0 Å². The van der Waals surface area contributed by atoms with Crippen molar-refractivity contribution in [1.82, 2.24) is 4.57 Å². The van der Waals surface area contributed by atoms with E-state index >= 15 is 0 Å². The lowest BCUT2D eigenvalue weighted by atomic mass is 10.0. The minimum Gasteiger partial charge on any atom is -0.462 e. The second-order valence-electron chi connectivity index (χ2n) is 5.40. The van der Waals surface area contributed by atoms with Gasteiger partial charge >= 0.3 is 5.97 Å². The summed E-state index contributed by atoms with van der Waals surface area (Å²) in [5, 5.41) is 0. The van der Waals surface area contributed by atoms with E-state index in [2.05, 4.69) is 23.8 Å². The third kappa shape index (κ3) is 2.77. The lowest BCUT2D eigenvalue weighted by Gasteiger charge is -2.12. The number of esters is 1. The summed E-state index contributed by atoms with van der Waals surface area (Å²) in [5.74, 6) is -0.119. The minimum atomic E-state index is -0.0658. The predicted molar refractivity (Wildman–Crippen MR) is 71.6 cm³/mol. The van der Waals surface area contributed by atoms with E-state index in [1.165, 1.54) is 18.4 Å². The van der Waals surface area contributed by atoms with Gasteiger partial charge in [0.1, 0.15) is 0 Å². The molecule has 18 heavy (non-hydrogen) atoms. The fourth-order valence-electron chi connectivity index (χ4n) is 2.57. The number of carbonyl (C=O) groups is 1. The zero-order chi connectivity index (χ0) is 13.1. The zero-order valence-corrected chi connectivity index (χ0v) is 11.6. The summed E-state index contributed by atoms with van der Waals surface area (Å²) in [5.41, 5.74) is 2.50. The van der Waals surface area contributed by atoms with Crippen LogP contribution in [0.5, 0.6) is 0 Å². The van der Waals surface area contributed by atoms with E-state index in [-0.39, 0.29) is 18.0 Å². The number of aromatic nitrogens is 1. The number of fused-ring (bicyclic) bond motifs is 1. The average molecular weight is 249 g/mol. The summed E-state index contributed by atoms with van der Waals surface area (Å²) in [6, 6.07) is 2.19. The van der Waals surface area contributed by atoms with Crippen LogP contribution in [0.4, 0.5) is 0 Å². The van der Waals surface area contributed by atoms with Gasteiger partial charge in [-0.05, 0) is 44.7 Å². The van der Waals surface area contributed by atoms with E-state index in [4.69, 9.17) is 4.74 Å². The van der Waals surface area contributed by atoms with Crippen LogP contribution in [-0.2, 0) is 22.5 Å². The average Bonchev–Trinajstić information content (AvgIpc) is 2.83. The van der Waals surface area contributed by atoms with Crippen molar-refractivity contribution in [3.05, 3.63) is 23.5 Å². The van der Waals surface area contributed by atoms with Gasteiger partial charge in [-0.15, -0.1) is 0 Å². The lowest BCUT2D eigenvalue weighted by molar-refractivity contribution is -0.149. The van der Waals surface area contributed by atoms with Gasteiger partial charge in [-0.2, -0.15) is 0 Å². The van der Waals surface area contributed by atoms with Gasteiger partial charge in [0.15, 0.2) is 0 Å². The maximum atomic E-state index is 12.0. The van der Waals surface area contributed by atoms with Crippen molar-refractivity contribution in [3.63, 3.8) is 0 Å². The number of rotatable bonds is 5. The van der Waals surface area contributed by atoms with Crippen molar-refractivity contribution in [2.45, 2.75) is 65.0 Å². The van der Waals surface area contributed by atoms with Crippen molar-refractivity contribution in [2.24, 2.45) is 0 Å². The summed E-state index contributed by atoms with van der Waals surface area (Å²) in [6.07, 6.45) is 6.59. The first-order chi connectivity index (χ1) is 8.61. The Labute approximate surface area is 109 Å². The quantitative estimate of drug-likeness (QED) is 0.750. The zero-order valence-electron chi connectivity index (χ0n) is 11.6. The Morgan fingerprint density at radius 2 is 2.33 bits per heavy atom. The van der Waals surface area contributed by atoms with Crippen molar-refractivity contribution in [1.29, 1.82) is 0 Å². The molecule has 0 aromatic carbocycles. The number of nitrogens with zero attached hydrogens (tertiary/aromatic N) is 1. The molecule has 0 radical (unpaired) electrons. The first kappa shape index (κ1) is 13.2. The van der Waals surface area contributed by atoms with E-state index in [9.17, 15) is 4.79 Å². The molecular formula is C15H23NO2.